The summed E-state index contributed by atoms with van der Waals surface area (Å²) in [5, 5.41) is 10.3. The molecule has 0 spiro atoms. The Kier molecular flexibility index (Phi) is 4.08. The van der Waals surface area contributed by atoms with Gasteiger partial charge in [-0.05, 0) is 42.3 Å². The topological polar surface area (TPSA) is 67.6 Å². The summed E-state index contributed by atoms with van der Waals surface area (Å²) in [7, 11) is 0. The fourth-order valence-corrected chi connectivity index (χ4v) is 3.42. The Morgan fingerprint density at radius 1 is 1.26 bits per heavy atom. The predicted molar refractivity (Wildman–Crippen MR) is 92.6 cm³/mol. The average Bonchev–Trinajstić information content (AvgIpc) is 3.05. The van der Waals surface area contributed by atoms with Crippen molar-refractivity contribution >= 4 is 23.3 Å². The molecule has 1 aliphatic rings. The number of nitriles is 1. The first-order valence-electron chi connectivity index (χ1n) is 7.46. The van der Waals surface area contributed by atoms with Crippen LogP contribution in [0.4, 0.5) is 0 Å². The molecule has 0 fully saturated rings. The first-order chi connectivity index (χ1) is 10.8. The number of nitrogens with zero attached hydrogens (tertiary/aromatic N) is 3. The van der Waals surface area contributed by atoms with Crippen LogP contribution in [0.25, 0.3) is 10.9 Å². The molecule has 0 saturated carbocycles. The molecule has 4 rings (SSSR count). The molecule has 0 radical (unpaired) electrons. The highest BCUT2D eigenvalue weighted by Crippen LogP contribution is 2.33. The van der Waals surface area contributed by atoms with Gasteiger partial charge in [-0.15, -0.1) is 12.4 Å². The van der Waals surface area contributed by atoms with Gasteiger partial charge in [-0.3, -0.25) is 4.98 Å². The van der Waals surface area contributed by atoms with Crippen molar-refractivity contribution in [3.63, 3.8) is 0 Å². The van der Waals surface area contributed by atoms with Crippen LogP contribution in [0, 0.1) is 11.3 Å². The number of benzene rings is 1. The van der Waals surface area contributed by atoms with E-state index in [1.165, 1.54) is 16.8 Å². The van der Waals surface area contributed by atoms with Crippen LogP contribution in [0.2, 0.25) is 0 Å². The monoisotopic (exact) mass is 324 g/mol. The Labute approximate surface area is 141 Å². The molecule has 2 N–H and O–H groups in total. The van der Waals surface area contributed by atoms with E-state index in [0.717, 1.165) is 30.5 Å². The van der Waals surface area contributed by atoms with E-state index in [-0.39, 0.29) is 18.4 Å². The van der Waals surface area contributed by atoms with E-state index in [2.05, 4.69) is 15.6 Å². The molecule has 0 amide bonds. The van der Waals surface area contributed by atoms with Crippen molar-refractivity contribution in [2.75, 3.05) is 0 Å². The molecule has 1 aliphatic carbocycles. The molecule has 0 saturated heterocycles. The molecule has 4 nitrogen and oxygen atoms in total. The molecule has 5 heteroatoms. The quantitative estimate of drug-likeness (QED) is 0.788. The van der Waals surface area contributed by atoms with Crippen LogP contribution in [-0.4, -0.2) is 15.6 Å². The van der Waals surface area contributed by atoms with Gasteiger partial charge in [0.2, 0.25) is 0 Å². The van der Waals surface area contributed by atoms with Crippen LogP contribution < -0.4 is 5.73 Å². The number of nitrogens with two attached hydrogens (primary N) is 1. The van der Waals surface area contributed by atoms with Crippen LogP contribution in [0.1, 0.15) is 22.5 Å². The van der Waals surface area contributed by atoms with Crippen molar-refractivity contribution < 1.29 is 0 Å². The van der Waals surface area contributed by atoms with E-state index in [0.29, 0.717) is 5.56 Å². The summed E-state index contributed by atoms with van der Waals surface area (Å²) in [5.74, 6) is 0. The molecule has 0 aliphatic heterocycles. The van der Waals surface area contributed by atoms with Gasteiger partial charge in [0.15, 0.2) is 0 Å². The molecule has 0 bridgehead atoms. The fraction of sp³-hybridized carbons (Fsp3) is 0.222. The Morgan fingerprint density at radius 3 is 2.87 bits per heavy atom. The molecular weight excluding hydrogens is 308 g/mol. The van der Waals surface area contributed by atoms with E-state index in [1.807, 2.05) is 42.6 Å². The number of fused-ring (bicyclic) bond motifs is 3. The molecule has 2 heterocycles. The number of halogens is 1. The number of hydrogen-bond donors (Lipinski definition) is 1. The van der Waals surface area contributed by atoms with E-state index >= 15 is 0 Å². The summed E-state index contributed by atoms with van der Waals surface area (Å²) in [6.45, 7) is 0.741. The summed E-state index contributed by atoms with van der Waals surface area (Å²) in [4.78, 5) is 4.43. The third-order valence-electron chi connectivity index (χ3n) is 4.38. The van der Waals surface area contributed by atoms with Gasteiger partial charge in [0.05, 0.1) is 23.9 Å². The van der Waals surface area contributed by atoms with Crippen LogP contribution in [0.5, 0.6) is 0 Å². The fourth-order valence-electron chi connectivity index (χ4n) is 3.42. The number of hydrogen-bond acceptors (Lipinski definition) is 3. The normalized spacial score (nSPS) is 15.9. The molecule has 2 aromatic heterocycles. The summed E-state index contributed by atoms with van der Waals surface area (Å²) in [6, 6.07) is 14.3. The lowest BCUT2D eigenvalue weighted by Gasteiger charge is -2.10. The lowest BCUT2D eigenvalue weighted by Crippen LogP contribution is -2.20. The molecule has 23 heavy (non-hydrogen) atoms. The highest BCUT2D eigenvalue weighted by molar-refractivity contribution is 5.87. The molecule has 1 aromatic carbocycles. The van der Waals surface area contributed by atoms with E-state index in [9.17, 15) is 0 Å². The SMILES string of the molecule is Cl.N#Cc1ccc2c(c1)c1c(n2Cc2ccccn2)CC(N)C1. The van der Waals surface area contributed by atoms with Crippen molar-refractivity contribution in [3.8, 4) is 6.07 Å². The Morgan fingerprint density at radius 2 is 2.13 bits per heavy atom. The third kappa shape index (κ3) is 2.59. The zero-order valence-corrected chi connectivity index (χ0v) is 13.4. The summed E-state index contributed by atoms with van der Waals surface area (Å²) >= 11 is 0. The first-order valence-corrected chi connectivity index (χ1v) is 7.46. The minimum absolute atomic E-state index is 0. The first kappa shape index (κ1) is 15.5. The smallest absolute Gasteiger partial charge is 0.0991 e. The molecule has 1 atom stereocenters. The van der Waals surface area contributed by atoms with Crippen molar-refractivity contribution in [2.24, 2.45) is 5.73 Å². The van der Waals surface area contributed by atoms with Gasteiger partial charge in [-0.25, -0.2) is 0 Å². The van der Waals surface area contributed by atoms with Crippen LogP contribution in [0.3, 0.4) is 0 Å². The van der Waals surface area contributed by atoms with Crippen molar-refractivity contribution in [1.29, 1.82) is 5.26 Å². The number of pyridine rings is 1. The van der Waals surface area contributed by atoms with Gasteiger partial charge in [0.25, 0.3) is 0 Å². The number of aromatic nitrogens is 2. The second-order valence-corrected chi connectivity index (χ2v) is 5.84. The minimum atomic E-state index is 0. The van der Waals surface area contributed by atoms with Gasteiger partial charge in [-0.1, -0.05) is 6.07 Å². The zero-order chi connectivity index (χ0) is 15.1. The lowest BCUT2D eigenvalue weighted by molar-refractivity contribution is 0.683. The standard InChI is InChI=1S/C18H16N4.ClH/c19-10-12-4-5-17-15(7-12)16-8-13(20)9-18(16)22(17)11-14-3-1-2-6-21-14;/h1-7,13H,8-9,11,20H2;1H. The maximum absolute atomic E-state index is 9.15. The molecular formula is C18H17ClN4. The van der Waals surface area contributed by atoms with E-state index in [1.54, 1.807) is 0 Å². The molecule has 1 unspecified atom stereocenters. The summed E-state index contributed by atoms with van der Waals surface area (Å²) in [6.07, 6.45) is 3.59. The summed E-state index contributed by atoms with van der Waals surface area (Å²) in [5.41, 5.74) is 11.7. The Bertz CT molecular complexity index is 893. The maximum atomic E-state index is 9.15. The predicted octanol–water partition coefficient (Wildman–Crippen LogP) is 2.80. The van der Waals surface area contributed by atoms with Crippen LogP contribution >= 0.6 is 12.4 Å². The highest BCUT2D eigenvalue weighted by Gasteiger charge is 2.26. The highest BCUT2D eigenvalue weighted by atomic mass is 35.5. The third-order valence-corrected chi connectivity index (χ3v) is 4.38. The second kappa shape index (κ2) is 6.04. The van der Waals surface area contributed by atoms with Crippen molar-refractivity contribution in [1.82, 2.24) is 9.55 Å². The van der Waals surface area contributed by atoms with Crippen molar-refractivity contribution in [2.45, 2.75) is 25.4 Å². The van der Waals surface area contributed by atoms with Crippen LogP contribution in [0.15, 0.2) is 42.6 Å². The van der Waals surface area contributed by atoms with Gasteiger partial charge >= 0.3 is 0 Å². The largest absolute Gasteiger partial charge is 0.338 e. The molecule has 3 aromatic rings. The maximum Gasteiger partial charge on any atom is 0.0991 e. The van der Waals surface area contributed by atoms with E-state index < -0.39 is 0 Å². The van der Waals surface area contributed by atoms with Crippen LogP contribution in [-0.2, 0) is 19.4 Å². The minimum Gasteiger partial charge on any atom is -0.338 e. The second-order valence-electron chi connectivity index (χ2n) is 5.84. The zero-order valence-electron chi connectivity index (χ0n) is 12.6. The lowest BCUT2D eigenvalue weighted by atomic mass is 10.1. The average molecular weight is 325 g/mol. The van der Waals surface area contributed by atoms with E-state index in [4.69, 9.17) is 11.0 Å². The molecule has 116 valence electrons. The van der Waals surface area contributed by atoms with Crippen molar-refractivity contribution in [3.05, 3.63) is 65.1 Å². The summed E-state index contributed by atoms with van der Waals surface area (Å²) < 4.78 is 2.31. The number of rotatable bonds is 2. The van der Waals surface area contributed by atoms with Gasteiger partial charge in [0, 0.05) is 35.3 Å². The Hall–Kier alpha value is -2.35. The van der Waals surface area contributed by atoms with Gasteiger partial charge in [-0.2, -0.15) is 5.26 Å². The Balaban J connectivity index is 0.00000156. The van der Waals surface area contributed by atoms with Gasteiger partial charge < -0.3 is 10.3 Å². The van der Waals surface area contributed by atoms with Gasteiger partial charge in [0.1, 0.15) is 0 Å².